The molecule has 35 heavy (non-hydrogen) atoms. The summed E-state index contributed by atoms with van der Waals surface area (Å²) in [6, 6.07) is 23.2. The largest absolute Gasteiger partial charge is 0.321 e. The second kappa shape index (κ2) is 8.86. The number of amides is 1. The highest BCUT2D eigenvalue weighted by molar-refractivity contribution is 7.92. The number of carbonyl (C=O) groups is 1. The molecule has 6 heteroatoms. The normalized spacial score (nSPS) is 12.7. The maximum absolute atomic E-state index is 13.0. The molecule has 5 rings (SSSR count). The van der Waals surface area contributed by atoms with Crippen molar-refractivity contribution in [2.75, 3.05) is 15.9 Å². The fourth-order valence-corrected chi connectivity index (χ4v) is 6.04. The molecule has 1 amide bonds. The van der Waals surface area contributed by atoms with Crippen LogP contribution >= 0.6 is 0 Å². The number of para-hydroxylation sites is 1. The molecular formula is C29H28N2O3S. The lowest BCUT2D eigenvalue weighted by molar-refractivity contribution is 0.102. The highest BCUT2D eigenvalue weighted by Gasteiger charge is 2.22. The Balaban J connectivity index is 1.38. The number of hydrogen-bond donors (Lipinski definition) is 1. The molecule has 0 fully saturated rings. The van der Waals surface area contributed by atoms with Gasteiger partial charge in [0.15, 0.2) is 0 Å². The van der Waals surface area contributed by atoms with Crippen LogP contribution in [-0.4, -0.2) is 20.6 Å². The number of nitrogens with zero attached hydrogens (tertiary/aromatic N) is 1. The number of nitrogens with one attached hydrogen (secondary N) is 1. The minimum absolute atomic E-state index is 0.190. The van der Waals surface area contributed by atoms with Crippen LogP contribution in [0.1, 0.15) is 38.2 Å². The first-order valence-corrected chi connectivity index (χ1v) is 13.5. The monoisotopic (exact) mass is 484 g/mol. The fourth-order valence-electron chi connectivity index (χ4n) is 5.04. The van der Waals surface area contributed by atoms with Gasteiger partial charge < -0.3 is 5.32 Å². The number of hydrogen-bond acceptors (Lipinski definition) is 3. The Morgan fingerprint density at radius 2 is 1.49 bits per heavy atom. The topological polar surface area (TPSA) is 66.5 Å². The van der Waals surface area contributed by atoms with Crippen LogP contribution < -0.4 is 9.62 Å². The van der Waals surface area contributed by atoms with Crippen LogP contribution in [-0.2, 0) is 29.4 Å². The van der Waals surface area contributed by atoms with Crippen LogP contribution in [0.2, 0.25) is 0 Å². The highest BCUT2D eigenvalue weighted by atomic mass is 32.2. The van der Waals surface area contributed by atoms with Crippen molar-refractivity contribution in [2.24, 2.45) is 0 Å². The minimum Gasteiger partial charge on any atom is -0.321 e. The maximum Gasteiger partial charge on any atom is 0.255 e. The molecular weight excluding hydrogens is 456 g/mol. The minimum atomic E-state index is -3.50. The number of carbonyl (C=O) groups excluding carboxylic acids is 1. The van der Waals surface area contributed by atoms with E-state index in [-0.39, 0.29) is 12.5 Å². The van der Waals surface area contributed by atoms with Gasteiger partial charge in [-0.25, -0.2) is 8.42 Å². The van der Waals surface area contributed by atoms with Crippen molar-refractivity contribution in [3.05, 3.63) is 106 Å². The molecule has 178 valence electrons. The molecule has 0 atom stereocenters. The van der Waals surface area contributed by atoms with Crippen molar-refractivity contribution in [1.82, 2.24) is 0 Å². The first-order chi connectivity index (χ1) is 16.7. The summed E-state index contributed by atoms with van der Waals surface area (Å²) in [7, 11) is -3.50. The van der Waals surface area contributed by atoms with E-state index in [1.165, 1.54) is 27.1 Å². The Morgan fingerprint density at radius 3 is 2.14 bits per heavy atom. The summed E-state index contributed by atoms with van der Waals surface area (Å²) in [5.74, 6) is -0.190. The predicted octanol–water partition coefficient (Wildman–Crippen LogP) is 5.77. The predicted molar refractivity (Wildman–Crippen MR) is 143 cm³/mol. The standard InChI is InChI=1S/C29H28N2O3S/c1-19-6-4-7-20(2)28(19)31(35(3,33)34)18-21-10-12-24(13-11-21)29(32)30-26-17-16-23-15-14-22-8-5-9-25(26)27(22)23/h4-13,16-17H,14-15,18H2,1-3H3,(H,30,32). The number of aryl methyl sites for hydroxylation is 4. The second-order valence-electron chi connectivity index (χ2n) is 9.27. The van der Waals surface area contributed by atoms with Crippen molar-refractivity contribution in [1.29, 1.82) is 0 Å². The van der Waals surface area contributed by atoms with E-state index in [9.17, 15) is 13.2 Å². The molecule has 0 bridgehead atoms. The van der Waals surface area contributed by atoms with Crippen LogP contribution in [0.25, 0.3) is 10.8 Å². The van der Waals surface area contributed by atoms with Gasteiger partial charge in [0.1, 0.15) is 0 Å². The lowest BCUT2D eigenvalue weighted by Gasteiger charge is -2.26. The van der Waals surface area contributed by atoms with Gasteiger partial charge in [0, 0.05) is 16.6 Å². The smallest absolute Gasteiger partial charge is 0.255 e. The number of sulfonamides is 1. The van der Waals surface area contributed by atoms with Gasteiger partial charge in [-0.2, -0.15) is 0 Å². The Morgan fingerprint density at radius 1 is 0.857 bits per heavy atom. The van der Waals surface area contributed by atoms with Crippen molar-refractivity contribution in [2.45, 2.75) is 33.2 Å². The molecule has 0 saturated carbocycles. The van der Waals surface area contributed by atoms with E-state index in [2.05, 4.69) is 23.5 Å². The van der Waals surface area contributed by atoms with Gasteiger partial charge in [-0.15, -0.1) is 0 Å². The quantitative estimate of drug-likeness (QED) is 0.378. The van der Waals surface area contributed by atoms with Gasteiger partial charge in [-0.1, -0.05) is 54.6 Å². The molecule has 1 aliphatic rings. The van der Waals surface area contributed by atoms with Crippen LogP contribution in [0.4, 0.5) is 11.4 Å². The van der Waals surface area contributed by atoms with Gasteiger partial charge in [0.25, 0.3) is 5.91 Å². The van der Waals surface area contributed by atoms with Gasteiger partial charge in [0.05, 0.1) is 18.5 Å². The zero-order valence-corrected chi connectivity index (χ0v) is 20.9. The van der Waals surface area contributed by atoms with E-state index in [1.807, 2.05) is 56.3 Å². The Bertz CT molecular complexity index is 1530. The van der Waals surface area contributed by atoms with Gasteiger partial charge in [0.2, 0.25) is 10.0 Å². The van der Waals surface area contributed by atoms with E-state index in [0.29, 0.717) is 11.3 Å². The Labute approximate surface area is 206 Å². The SMILES string of the molecule is Cc1cccc(C)c1N(Cc1ccc(C(=O)Nc2ccc3c4c(cccc24)CC3)cc1)S(C)(=O)=O. The van der Waals surface area contributed by atoms with Crippen molar-refractivity contribution in [3.63, 3.8) is 0 Å². The summed E-state index contributed by atoms with van der Waals surface area (Å²) >= 11 is 0. The molecule has 0 aliphatic heterocycles. The molecule has 0 heterocycles. The van der Waals surface area contributed by atoms with E-state index < -0.39 is 10.0 Å². The van der Waals surface area contributed by atoms with E-state index in [1.54, 1.807) is 12.1 Å². The molecule has 0 aromatic heterocycles. The molecule has 0 unspecified atom stereocenters. The zero-order valence-electron chi connectivity index (χ0n) is 20.1. The van der Waals surface area contributed by atoms with Crippen LogP contribution in [0.3, 0.4) is 0 Å². The van der Waals surface area contributed by atoms with E-state index in [0.717, 1.165) is 40.6 Å². The van der Waals surface area contributed by atoms with E-state index >= 15 is 0 Å². The van der Waals surface area contributed by atoms with Gasteiger partial charge in [-0.3, -0.25) is 9.10 Å². The molecule has 0 saturated heterocycles. The molecule has 1 N–H and O–H groups in total. The average Bonchev–Trinajstić information content (AvgIpc) is 3.24. The summed E-state index contributed by atoms with van der Waals surface area (Å²) in [6.07, 6.45) is 3.30. The third-order valence-electron chi connectivity index (χ3n) is 6.76. The molecule has 0 spiro atoms. The highest BCUT2D eigenvalue weighted by Crippen LogP contribution is 2.35. The lowest BCUT2D eigenvalue weighted by atomic mass is 10.0. The summed E-state index contributed by atoms with van der Waals surface area (Å²) in [4.78, 5) is 13.0. The lowest BCUT2D eigenvalue weighted by Crippen LogP contribution is -2.30. The summed E-state index contributed by atoms with van der Waals surface area (Å²) in [5.41, 5.74) is 7.29. The molecule has 4 aromatic carbocycles. The zero-order chi connectivity index (χ0) is 24.7. The third kappa shape index (κ3) is 4.42. The second-order valence-corrected chi connectivity index (χ2v) is 11.2. The summed E-state index contributed by atoms with van der Waals surface area (Å²) < 4.78 is 26.7. The maximum atomic E-state index is 13.0. The third-order valence-corrected chi connectivity index (χ3v) is 7.87. The van der Waals surface area contributed by atoms with Crippen molar-refractivity contribution >= 4 is 38.1 Å². The van der Waals surface area contributed by atoms with Gasteiger partial charge >= 0.3 is 0 Å². The van der Waals surface area contributed by atoms with Crippen LogP contribution in [0, 0.1) is 13.8 Å². The number of rotatable bonds is 6. The Hall–Kier alpha value is -3.64. The Kier molecular flexibility index (Phi) is 5.85. The molecule has 1 aliphatic carbocycles. The van der Waals surface area contributed by atoms with Crippen LogP contribution in [0.5, 0.6) is 0 Å². The summed E-state index contributed by atoms with van der Waals surface area (Å²) in [5, 5.41) is 5.39. The molecule has 0 radical (unpaired) electrons. The fraction of sp³-hybridized carbons (Fsp3) is 0.207. The van der Waals surface area contributed by atoms with Crippen LogP contribution in [0.15, 0.2) is 72.8 Å². The van der Waals surface area contributed by atoms with Crippen molar-refractivity contribution < 1.29 is 13.2 Å². The first kappa shape index (κ1) is 23.1. The van der Waals surface area contributed by atoms with Crippen molar-refractivity contribution in [3.8, 4) is 0 Å². The molecule has 5 nitrogen and oxygen atoms in total. The molecule has 4 aromatic rings. The first-order valence-electron chi connectivity index (χ1n) is 11.7. The number of benzene rings is 4. The average molecular weight is 485 g/mol. The summed E-state index contributed by atoms with van der Waals surface area (Å²) in [6.45, 7) is 4.02. The van der Waals surface area contributed by atoms with Gasteiger partial charge in [-0.05, 0) is 78.1 Å². The number of anilines is 2. The van der Waals surface area contributed by atoms with E-state index in [4.69, 9.17) is 0 Å².